The molecule has 1 heterocycles. The van der Waals surface area contributed by atoms with Crippen molar-refractivity contribution in [1.29, 1.82) is 0 Å². The van der Waals surface area contributed by atoms with Crippen LogP contribution in [0.15, 0.2) is 42.7 Å². The van der Waals surface area contributed by atoms with Crippen LogP contribution >= 0.6 is 0 Å². The van der Waals surface area contributed by atoms with Crippen molar-refractivity contribution in [2.75, 3.05) is 0 Å². The normalized spacial score (nSPS) is 9.67. The molecule has 0 fully saturated rings. The number of benzene rings is 1. The molecule has 0 saturated carbocycles. The van der Waals surface area contributed by atoms with Gasteiger partial charge in [-0.3, -0.25) is 0 Å². The van der Waals surface area contributed by atoms with Crippen molar-refractivity contribution in [2.24, 2.45) is 0 Å². The summed E-state index contributed by atoms with van der Waals surface area (Å²) in [7, 11) is 0. The minimum Gasteiger partial charge on any atom is -0.233 e. The van der Waals surface area contributed by atoms with Gasteiger partial charge in [0, 0.05) is 18.0 Å². The van der Waals surface area contributed by atoms with Crippen LogP contribution in [0.1, 0.15) is 0 Å². The minimum atomic E-state index is 1.02. The van der Waals surface area contributed by atoms with E-state index in [2.05, 4.69) is 16.3 Å². The first kappa shape index (κ1) is 6.98. The third-order valence-corrected chi connectivity index (χ3v) is 1.63. The molecule has 0 aliphatic rings. The van der Waals surface area contributed by atoms with E-state index in [0.29, 0.717) is 0 Å². The van der Waals surface area contributed by atoms with E-state index in [-0.39, 0.29) is 0 Å². The Bertz CT molecular complexity index is 305. The van der Waals surface area contributed by atoms with Gasteiger partial charge in [-0.1, -0.05) is 30.3 Å². The second-order valence-corrected chi connectivity index (χ2v) is 2.44. The van der Waals surface area contributed by atoms with Gasteiger partial charge in [0.05, 0.1) is 0 Å². The summed E-state index contributed by atoms with van der Waals surface area (Å²) in [5.74, 6) is 0. The van der Waals surface area contributed by atoms with Gasteiger partial charge in [0.25, 0.3) is 0 Å². The standard InChI is InChI=1S/C10H7N2/c1-2-4-9(5-3-1)10-6-11-8-12-7-10/h1-7H. The van der Waals surface area contributed by atoms with Crippen LogP contribution < -0.4 is 0 Å². The van der Waals surface area contributed by atoms with Crippen molar-refractivity contribution < 1.29 is 0 Å². The van der Waals surface area contributed by atoms with Crippen LogP contribution in [0.2, 0.25) is 0 Å². The Morgan fingerprint density at radius 2 is 1.50 bits per heavy atom. The van der Waals surface area contributed by atoms with Crippen LogP contribution in [-0.2, 0) is 0 Å². The molecule has 2 aromatic rings. The van der Waals surface area contributed by atoms with Crippen LogP contribution in [0.3, 0.4) is 0 Å². The Hall–Kier alpha value is -1.70. The number of hydrogen-bond donors (Lipinski definition) is 0. The van der Waals surface area contributed by atoms with Gasteiger partial charge in [-0.05, 0) is 5.56 Å². The summed E-state index contributed by atoms with van der Waals surface area (Å²) in [6, 6.07) is 10.0. The van der Waals surface area contributed by atoms with Gasteiger partial charge in [-0.2, -0.15) is 0 Å². The molecule has 1 aromatic heterocycles. The van der Waals surface area contributed by atoms with Gasteiger partial charge in [-0.25, -0.2) is 9.97 Å². The first-order chi connectivity index (χ1) is 5.97. The summed E-state index contributed by atoms with van der Waals surface area (Å²) in [5, 5.41) is 0. The smallest absolute Gasteiger partial charge is 0.197 e. The van der Waals surface area contributed by atoms with Crippen LogP contribution in [0.5, 0.6) is 0 Å². The summed E-state index contributed by atoms with van der Waals surface area (Å²) in [6.07, 6.45) is 6.01. The molecule has 0 atom stereocenters. The molecule has 2 nitrogen and oxygen atoms in total. The highest BCUT2D eigenvalue weighted by molar-refractivity contribution is 5.60. The zero-order chi connectivity index (χ0) is 8.23. The molecule has 1 radical (unpaired) electrons. The topological polar surface area (TPSA) is 25.8 Å². The van der Waals surface area contributed by atoms with E-state index < -0.39 is 0 Å². The van der Waals surface area contributed by atoms with E-state index in [1.807, 2.05) is 30.3 Å². The molecule has 2 heteroatoms. The summed E-state index contributed by atoms with van der Waals surface area (Å²) in [6.45, 7) is 0. The molecule has 2 rings (SSSR count). The second-order valence-electron chi connectivity index (χ2n) is 2.44. The quantitative estimate of drug-likeness (QED) is 0.629. The average Bonchev–Trinajstić information content (AvgIpc) is 2.21. The lowest BCUT2D eigenvalue weighted by Gasteiger charge is -1.96. The monoisotopic (exact) mass is 155 g/mol. The van der Waals surface area contributed by atoms with Crippen LogP contribution in [0.4, 0.5) is 0 Å². The van der Waals surface area contributed by atoms with Crippen molar-refractivity contribution in [3.63, 3.8) is 0 Å². The van der Waals surface area contributed by atoms with Gasteiger partial charge >= 0.3 is 0 Å². The third-order valence-electron chi connectivity index (χ3n) is 1.63. The van der Waals surface area contributed by atoms with Crippen molar-refractivity contribution in [3.05, 3.63) is 49.1 Å². The van der Waals surface area contributed by atoms with E-state index in [4.69, 9.17) is 0 Å². The van der Waals surface area contributed by atoms with Crippen LogP contribution in [-0.4, -0.2) is 9.97 Å². The fourth-order valence-corrected chi connectivity index (χ4v) is 1.04. The van der Waals surface area contributed by atoms with E-state index in [1.165, 1.54) is 0 Å². The van der Waals surface area contributed by atoms with Crippen LogP contribution in [0.25, 0.3) is 11.1 Å². The van der Waals surface area contributed by atoms with Crippen molar-refractivity contribution in [3.8, 4) is 11.1 Å². The molecule has 0 N–H and O–H groups in total. The second kappa shape index (κ2) is 3.13. The highest BCUT2D eigenvalue weighted by Crippen LogP contribution is 2.14. The predicted molar refractivity (Wildman–Crippen MR) is 46.3 cm³/mol. The predicted octanol–water partition coefficient (Wildman–Crippen LogP) is 1.94. The van der Waals surface area contributed by atoms with Gasteiger partial charge in [-0.15, -0.1) is 0 Å². The lowest BCUT2D eigenvalue weighted by Crippen LogP contribution is -1.80. The highest BCUT2D eigenvalue weighted by atomic mass is 14.8. The van der Waals surface area contributed by atoms with Crippen molar-refractivity contribution >= 4 is 0 Å². The van der Waals surface area contributed by atoms with Crippen molar-refractivity contribution in [1.82, 2.24) is 9.97 Å². The minimum absolute atomic E-state index is 1.02. The maximum absolute atomic E-state index is 3.82. The van der Waals surface area contributed by atoms with E-state index in [9.17, 15) is 0 Å². The molecular formula is C10H7N2. The summed E-state index contributed by atoms with van der Waals surface area (Å²) in [4.78, 5) is 7.65. The fourth-order valence-electron chi connectivity index (χ4n) is 1.04. The Kier molecular flexibility index (Phi) is 1.82. The molecule has 0 aliphatic carbocycles. The summed E-state index contributed by atoms with van der Waals surface area (Å²) >= 11 is 0. The molecule has 0 saturated heterocycles. The van der Waals surface area contributed by atoms with Gasteiger partial charge in [0.1, 0.15) is 0 Å². The van der Waals surface area contributed by atoms with Crippen molar-refractivity contribution in [2.45, 2.75) is 0 Å². The zero-order valence-corrected chi connectivity index (χ0v) is 6.44. The molecule has 0 unspecified atom stereocenters. The maximum atomic E-state index is 3.82. The van der Waals surface area contributed by atoms with Gasteiger partial charge < -0.3 is 0 Å². The highest BCUT2D eigenvalue weighted by Gasteiger charge is 1.93. The Labute approximate surface area is 70.9 Å². The average molecular weight is 155 g/mol. The first-order valence-electron chi connectivity index (χ1n) is 3.70. The number of aromatic nitrogens is 2. The first-order valence-corrected chi connectivity index (χ1v) is 3.70. The van der Waals surface area contributed by atoms with Gasteiger partial charge in [0.2, 0.25) is 0 Å². The summed E-state index contributed by atoms with van der Waals surface area (Å²) < 4.78 is 0. The zero-order valence-electron chi connectivity index (χ0n) is 6.44. The van der Waals surface area contributed by atoms with E-state index in [1.54, 1.807) is 12.4 Å². The molecule has 0 amide bonds. The van der Waals surface area contributed by atoms with E-state index >= 15 is 0 Å². The largest absolute Gasteiger partial charge is 0.233 e. The number of rotatable bonds is 1. The summed E-state index contributed by atoms with van der Waals surface area (Å²) in [5.41, 5.74) is 2.15. The molecule has 1 aromatic carbocycles. The number of hydrogen-bond acceptors (Lipinski definition) is 2. The Morgan fingerprint density at radius 3 is 2.17 bits per heavy atom. The Morgan fingerprint density at radius 1 is 0.833 bits per heavy atom. The van der Waals surface area contributed by atoms with Gasteiger partial charge in [0.15, 0.2) is 6.33 Å². The van der Waals surface area contributed by atoms with Crippen LogP contribution in [0, 0.1) is 6.33 Å². The molecular weight excluding hydrogens is 148 g/mol. The number of nitrogens with zero attached hydrogens (tertiary/aromatic N) is 2. The maximum Gasteiger partial charge on any atom is 0.197 e. The molecule has 0 spiro atoms. The Balaban J connectivity index is 2.46. The molecule has 0 bridgehead atoms. The van der Waals surface area contributed by atoms with E-state index in [0.717, 1.165) is 11.1 Å². The SMILES string of the molecule is [c]1ncc(-c2ccccc2)cn1. The lowest BCUT2D eigenvalue weighted by molar-refractivity contribution is 1.15. The molecule has 57 valence electrons. The third kappa shape index (κ3) is 1.32. The molecule has 0 aliphatic heterocycles. The molecule has 12 heavy (non-hydrogen) atoms. The fraction of sp³-hybridized carbons (Fsp3) is 0. The lowest BCUT2D eigenvalue weighted by atomic mass is 10.1.